The summed E-state index contributed by atoms with van der Waals surface area (Å²) in [5.41, 5.74) is 6.65. The van der Waals surface area contributed by atoms with Gasteiger partial charge in [-0.3, -0.25) is 4.79 Å². The van der Waals surface area contributed by atoms with Crippen LogP contribution in [0.4, 0.5) is 8.78 Å². The fourth-order valence-electron chi connectivity index (χ4n) is 1.84. The molecule has 0 heterocycles. The van der Waals surface area contributed by atoms with Crippen molar-refractivity contribution in [1.29, 1.82) is 0 Å². The Morgan fingerprint density at radius 2 is 1.86 bits per heavy atom. The van der Waals surface area contributed by atoms with E-state index in [0.717, 1.165) is 12.0 Å². The van der Waals surface area contributed by atoms with Crippen molar-refractivity contribution in [3.05, 3.63) is 29.8 Å². The van der Waals surface area contributed by atoms with Gasteiger partial charge in [0.15, 0.2) is 0 Å². The van der Waals surface area contributed by atoms with Gasteiger partial charge >= 0.3 is 6.61 Å². The number of alkyl halides is 2. The van der Waals surface area contributed by atoms with Crippen molar-refractivity contribution in [3.8, 4) is 5.75 Å². The van der Waals surface area contributed by atoms with E-state index in [1.54, 1.807) is 12.1 Å². The van der Waals surface area contributed by atoms with Crippen molar-refractivity contribution in [2.75, 3.05) is 0 Å². The maximum atomic E-state index is 12.1. The van der Waals surface area contributed by atoms with Crippen molar-refractivity contribution in [1.82, 2.24) is 5.32 Å². The first kappa shape index (κ1) is 17.4. The van der Waals surface area contributed by atoms with Crippen molar-refractivity contribution in [3.63, 3.8) is 0 Å². The smallest absolute Gasteiger partial charge is 0.387 e. The average molecular weight is 300 g/mol. The Morgan fingerprint density at radius 3 is 2.33 bits per heavy atom. The largest absolute Gasteiger partial charge is 0.435 e. The molecule has 0 fully saturated rings. The summed E-state index contributed by atoms with van der Waals surface area (Å²) in [4.78, 5) is 12.0. The van der Waals surface area contributed by atoms with E-state index in [1.165, 1.54) is 12.1 Å². The van der Waals surface area contributed by atoms with E-state index < -0.39 is 12.7 Å². The molecule has 0 aliphatic rings. The summed E-state index contributed by atoms with van der Waals surface area (Å²) in [6, 6.07) is 5.35. The molecule has 1 rings (SSSR count). The predicted molar refractivity (Wildman–Crippen MR) is 77.1 cm³/mol. The average Bonchev–Trinajstić information content (AvgIpc) is 2.45. The van der Waals surface area contributed by atoms with Gasteiger partial charge in [-0.15, -0.1) is 0 Å². The zero-order valence-corrected chi connectivity index (χ0v) is 12.5. The molecule has 118 valence electrons. The summed E-state index contributed by atoms with van der Waals surface area (Å²) in [5.74, 6) is -0.0349. The number of hydrogen-bond acceptors (Lipinski definition) is 3. The molecule has 0 aliphatic heterocycles. The molecule has 3 unspecified atom stereocenters. The molecule has 0 spiro atoms. The van der Waals surface area contributed by atoms with E-state index in [1.807, 2.05) is 20.8 Å². The van der Waals surface area contributed by atoms with Gasteiger partial charge in [0.2, 0.25) is 5.91 Å². The van der Waals surface area contributed by atoms with Gasteiger partial charge < -0.3 is 15.8 Å². The van der Waals surface area contributed by atoms with Crippen LogP contribution < -0.4 is 15.8 Å². The minimum absolute atomic E-state index is 0.0867. The monoisotopic (exact) mass is 300 g/mol. The molecule has 0 radical (unpaired) electrons. The van der Waals surface area contributed by atoms with Crippen LogP contribution in [0.2, 0.25) is 0 Å². The highest BCUT2D eigenvalue weighted by molar-refractivity contribution is 5.82. The fourth-order valence-corrected chi connectivity index (χ4v) is 1.84. The topological polar surface area (TPSA) is 64.4 Å². The Morgan fingerprint density at radius 1 is 1.29 bits per heavy atom. The number of carbonyl (C=O) groups is 1. The highest BCUT2D eigenvalue weighted by Gasteiger charge is 2.21. The third-order valence-corrected chi connectivity index (χ3v) is 3.52. The number of ether oxygens (including phenoxy) is 1. The zero-order chi connectivity index (χ0) is 16.0. The van der Waals surface area contributed by atoms with Crippen LogP contribution in [0.25, 0.3) is 0 Å². The minimum atomic E-state index is -2.85. The van der Waals surface area contributed by atoms with Crippen LogP contribution in [-0.4, -0.2) is 18.6 Å². The molecule has 1 aromatic rings. The number of halogens is 2. The molecule has 6 heteroatoms. The van der Waals surface area contributed by atoms with E-state index in [4.69, 9.17) is 5.73 Å². The molecule has 0 bridgehead atoms. The number of benzene rings is 1. The second-order valence-corrected chi connectivity index (χ2v) is 5.09. The van der Waals surface area contributed by atoms with E-state index in [9.17, 15) is 13.6 Å². The van der Waals surface area contributed by atoms with Crippen LogP contribution in [0.3, 0.4) is 0 Å². The van der Waals surface area contributed by atoms with Gasteiger partial charge in [-0.1, -0.05) is 32.4 Å². The van der Waals surface area contributed by atoms with Gasteiger partial charge in [0.1, 0.15) is 5.75 Å². The van der Waals surface area contributed by atoms with Gasteiger partial charge in [-0.25, -0.2) is 0 Å². The first-order valence-electron chi connectivity index (χ1n) is 6.95. The van der Waals surface area contributed by atoms with E-state index in [-0.39, 0.29) is 23.6 Å². The molecule has 3 N–H and O–H groups in total. The van der Waals surface area contributed by atoms with Crippen molar-refractivity contribution < 1.29 is 18.3 Å². The molecule has 0 saturated heterocycles. The second kappa shape index (κ2) is 7.93. The van der Waals surface area contributed by atoms with Crippen molar-refractivity contribution in [2.45, 2.75) is 45.9 Å². The molecule has 3 atom stereocenters. The summed E-state index contributed by atoms with van der Waals surface area (Å²) in [6.07, 6.45) is 0.822. The number of amides is 1. The van der Waals surface area contributed by atoms with Crippen LogP contribution in [0.15, 0.2) is 24.3 Å². The Hall–Kier alpha value is -1.69. The molecular formula is C15H22F2N2O2. The van der Waals surface area contributed by atoms with Gasteiger partial charge in [0.05, 0.1) is 12.1 Å². The lowest BCUT2D eigenvalue weighted by atomic mass is 9.98. The van der Waals surface area contributed by atoms with Gasteiger partial charge in [-0.05, 0) is 30.5 Å². The SMILES string of the molecule is CCC(C)C(N)C(=O)NC(C)c1ccc(OC(F)F)cc1. The Labute approximate surface area is 123 Å². The van der Waals surface area contributed by atoms with Crippen LogP contribution in [0.1, 0.15) is 38.8 Å². The minimum Gasteiger partial charge on any atom is -0.435 e. The summed E-state index contributed by atoms with van der Waals surface area (Å²) < 4.78 is 28.4. The Balaban J connectivity index is 2.63. The number of nitrogens with two attached hydrogens (primary N) is 1. The Kier molecular flexibility index (Phi) is 6.55. The van der Waals surface area contributed by atoms with E-state index in [0.29, 0.717) is 0 Å². The van der Waals surface area contributed by atoms with E-state index in [2.05, 4.69) is 10.1 Å². The lowest BCUT2D eigenvalue weighted by Crippen LogP contribution is -2.45. The van der Waals surface area contributed by atoms with Crippen molar-refractivity contribution in [2.24, 2.45) is 11.7 Å². The lowest BCUT2D eigenvalue weighted by molar-refractivity contribution is -0.124. The summed E-state index contributed by atoms with van der Waals surface area (Å²) >= 11 is 0. The number of hydrogen-bond donors (Lipinski definition) is 2. The quantitative estimate of drug-likeness (QED) is 0.814. The predicted octanol–water partition coefficient (Wildman–Crippen LogP) is 2.84. The summed E-state index contributed by atoms with van der Waals surface area (Å²) in [5, 5.41) is 2.82. The summed E-state index contributed by atoms with van der Waals surface area (Å²) in [6.45, 7) is 2.86. The standard InChI is InChI=1S/C15H22F2N2O2/c1-4-9(2)13(18)14(20)19-10(3)11-5-7-12(8-6-11)21-15(16)17/h5-10,13,15H,4,18H2,1-3H3,(H,19,20). The van der Waals surface area contributed by atoms with Gasteiger partial charge in [0.25, 0.3) is 0 Å². The maximum absolute atomic E-state index is 12.1. The molecular weight excluding hydrogens is 278 g/mol. The molecule has 0 aromatic heterocycles. The highest BCUT2D eigenvalue weighted by atomic mass is 19.3. The van der Waals surface area contributed by atoms with E-state index >= 15 is 0 Å². The van der Waals surface area contributed by atoms with Gasteiger partial charge in [-0.2, -0.15) is 8.78 Å². The highest BCUT2D eigenvalue weighted by Crippen LogP contribution is 2.19. The fraction of sp³-hybridized carbons (Fsp3) is 0.533. The lowest BCUT2D eigenvalue weighted by Gasteiger charge is -2.21. The first-order valence-corrected chi connectivity index (χ1v) is 6.95. The first-order chi connectivity index (χ1) is 9.85. The number of nitrogens with one attached hydrogen (secondary N) is 1. The molecule has 1 aromatic carbocycles. The molecule has 21 heavy (non-hydrogen) atoms. The van der Waals surface area contributed by atoms with Crippen LogP contribution in [0.5, 0.6) is 5.75 Å². The zero-order valence-electron chi connectivity index (χ0n) is 12.5. The van der Waals surface area contributed by atoms with Crippen LogP contribution >= 0.6 is 0 Å². The van der Waals surface area contributed by atoms with Gasteiger partial charge in [0, 0.05) is 0 Å². The van der Waals surface area contributed by atoms with Crippen LogP contribution in [0, 0.1) is 5.92 Å². The summed E-state index contributed by atoms with van der Waals surface area (Å²) in [7, 11) is 0. The van der Waals surface area contributed by atoms with Crippen molar-refractivity contribution >= 4 is 5.91 Å². The third-order valence-electron chi connectivity index (χ3n) is 3.52. The number of rotatable bonds is 7. The molecule has 0 aliphatic carbocycles. The molecule has 4 nitrogen and oxygen atoms in total. The molecule has 1 amide bonds. The molecule has 0 saturated carbocycles. The normalized spacial score (nSPS) is 15.4. The third kappa shape index (κ3) is 5.30. The Bertz CT molecular complexity index is 451. The number of carbonyl (C=O) groups excluding carboxylic acids is 1. The van der Waals surface area contributed by atoms with Crippen LogP contribution in [-0.2, 0) is 4.79 Å². The second-order valence-electron chi connectivity index (χ2n) is 5.09. The maximum Gasteiger partial charge on any atom is 0.387 e.